The van der Waals surface area contributed by atoms with Gasteiger partial charge < -0.3 is 38.0 Å². The van der Waals surface area contributed by atoms with Crippen LogP contribution in [0.5, 0.6) is 0 Å². The lowest BCUT2D eigenvalue weighted by molar-refractivity contribution is -0.344. The third kappa shape index (κ3) is 9.22. The van der Waals surface area contributed by atoms with Crippen LogP contribution in [-0.4, -0.2) is 114 Å². The first-order valence-corrected chi connectivity index (χ1v) is 27.8. The molecule has 2 saturated carbocycles. The number of fused-ring (bicyclic) bond motifs is 5. The molecule has 4 fully saturated rings. The zero-order valence-corrected chi connectivity index (χ0v) is 45.0. The van der Waals surface area contributed by atoms with Crippen LogP contribution in [0, 0.1) is 22.7 Å². The molecule has 2 aliphatic heterocycles. The second kappa shape index (κ2) is 19.3. The molecule has 2 aromatic carbocycles. The summed E-state index contributed by atoms with van der Waals surface area (Å²) in [5, 5.41) is 14.3. The first kappa shape index (κ1) is 54.0. The average molecular weight is 1000 g/mol. The molecule has 15 nitrogen and oxygen atoms in total. The van der Waals surface area contributed by atoms with Crippen molar-refractivity contribution in [3.05, 3.63) is 82.9 Å². The summed E-state index contributed by atoms with van der Waals surface area (Å²) in [6, 6.07) is 18.6. The van der Waals surface area contributed by atoms with E-state index >= 15 is 9.59 Å². The van der Waals surface area contributed by atoms with Crippen LogP contribution in [0.1, 0.15) is 138 Å². The minimum Gasteiger partial charge on any atom is -0.455 e. The van der Waals surface area contributed by atoms with Gasteiger partial charge in [-0.1, -0.05) is 88.7 Å². The van der Waals surface area contributed by atoms with E-state index in [-0.39, 0.29) is 37.0 Å². The number of benzene rings is 2. The lowest BCUT2D eigenvalue weighted by Crippen LogP contribution is -2.82. The average Bonchev–Trinajstić information content (AvgIpc) is 3.59. The molecule has 0 aromatic heterocycles. The molecule has 388 valence electrons. The van der Waals surface area contributed by atoms with Gasteiger partial charge >= 0.3 is 24.0 Å². The van der Waals surface area contributed by atoms with Crippen LogP contribution in [0.3, 0.4) is 0 Å². The van der Waals surface area contributed by atoms with Crippen LogP contribution in [0.25, 0.3) is 0 Å². The zero-order valence-electron chi connectivity index (χ0n) is 44.0. The molecule has 71 heavy (non-hydrogen) atoms. The Morgan fingerprint density at radius 3 is 1.97 bits per heavy atom. The molecular formula is C55H75NO14Si. The maximum Gasteiger partial charge on any atom is 0.413 e. The summed E-state index contributed by atoms with van der Waals surface area (Å²) < 4.78 is 45.6. The Hall–Kier alpha value is -4.74. The third-order valence-electron chi connectivity index (χ3n) is 16.7. The smallest absolute Gasteiger partial charge is 0.413 e. The van der Waals surface area contributed by atoms with Crippen LogP contribution in [0.2, 0.25) is 18.1 Å². The Labute approximate surface area is 419 Å². The number of ketones is 2. The quantitative estimate of drug-likeness (QED) is 0.0866. The summed E-state index contributed by atoms with van der Waals surface area (Å²) in [7, 11) is -2.61. The van der Waals surface area contributed by atoms with Crippen molar-refractivity contribution in [2.24, 2.45) is 22.7 Å². The Bertz CT molecular complexity index is 2420. The van der Waals surface area contributed by atoms with E-state index in [4.69, 9.17) is 32.8 Å². The Balaban J connectivity index is 1.47. The molecule has 2 saturated heterocycles. The molecule has 0 radical (unpaired) electrons. The van der Waals surface area contributed by atoms with Gasteiger partial charge in [-0.15, -0.1) is 0 Å². The first-order valence-electron chi connectivity index (χ1n) is 25.3. The van der Waals surface area contributed by atoms with Crippen LogP contribution in [0.15, 0.2) is 71.8 Å². The van der Waals surface area contributed by atoms with Gasteiger partial charge in [0.2, 0.25) is 0 Å². The van der Waals surface area contributed by atoms with Gasteiger partial charge in [0.15, 0.2) is 31.6 Å². The first-order chi connectivity index (χ1) is 33.1. The lowest BCUT2D eigenvalue weighted by atomic mass is 9.44. The number of hydrogen-bond acceptors (Lipinski definition) is 14. The minimum atomic E-state index is -2.61. The number of nitrogens with zero attached hydrogens (tertiary/aromatic N) is 1. The second-order valence-corrected chi connectivity index (χ2v) is 27.4. The minimum absolute atomic E-state index is 0.116. The number of amides is 1. The van der Waals surface area contributed by atoms with Crippen LogP contribution >= 0.6 is 0 Å². The lowest BCUT2D eigenvalue weighted by Gasteiger charge is -2.68. The van der Waals surface area contributed by atoms with E-state index in [0.29, 0.717) is 29.3 Å². The van der Waals surface area contributed by atoms with Crippen LogP contribution in [0.4, 0.5) is 4.79 Å². The highest BCUT2D eigenvalue weighted by atomic mass is 28.4. The summed E-state index contributed by atoms with van der Waals surface area (Å²) in [5.41, 5.74) is -7.78. The molecule has 0 spiro atoms. The van der Waals surface area contributed by atoms with Gasteiger partial charge in [0, 0.05) is 32.1 Å². The number of esters is 3. The molecule has 11 atom stereocenters. The summed E-state index contributed by atoms with van der Waals surface area (Å²) >= 11 is 0. The second-order valence-electron chi connectivity index (χ2n) is 22.6. The molecule has 1 amide bonds. The summed E-state index contributed by atoms with van der Waals surface area (Å²) in [6.45, 7) is 24.1. The number of hydrogen-bond donors (Lipinski definition) is 1. The molecule has 2 bridgehead atoms. The molecule has 16 heteroatoms. The standard InChI is InChI=1S/C55H75NO14Si/c1-15-71(16-2,17-3)70-39-29-40-54(31-64-40,67-34(6)58)45-47(66-48(61)36-26-22-19-23-27-36)55(63)30-37(32(4)41(51(55,10)11)44(65-33(5)57)46(60)53(39,45)14)28-38(59)43-42(35-24-20-18-21-25-35)56(52(12,13)68-43)49(62)69-50(7,8)9/h18-27,37,39-40,42-45,47,63H,15-17,28-31H2,1-14H3/t37-,39-,40?,42?,43?,44?,45?,47?,53+,54?,55?/m0/s1. The third-order valence-corrected chi connectivity index (χ3v) is 21.4. The maximum atomic E-state index is 16.5. The highest BCUT2D eigenvalue weighted by Gasteiger charge is 2.79. The van der Waals surface area contributed by atoms with Gasteiger partial charge in [0.1, 0.15) is 35.2 Å². The fraction of sp³-hybridized carbons (Fsp3) is 0.636. The number of allylic oxidation sites excluding steroid dienone is 1. The monoisotopic (exact) mass is 1000 g/mol. The van der Waals surface area contributed by atoms with Crippen molar-refractivity contribution >= 4 is 43.9 Å². The van der Waals surface area contributed by atoms with E-state index in [1.807, 2.05) is 30.3 Å². The molecule has 7 rings (SSSR count). The molecular weight excluding hydrogens is 927 g/mol. The van der Waals surface area contributed by atoms with E-state index in [0.717, 1.165) is 0 Å². The SMILES string of the molecule is CC[Si](CC)(CC)O[C@H]1CC2OCC2(OC(C)=O)C2C(OC(=O)c3ccccc3)C3(O)C[C@H](CC(=O)C4OC(C)(C)N(C(=O)OC(C)(C)C)C4c4ccccc4)C(C)=C(C(OC(C)=O)C(=O)[C@@]21C)C3(C)C. The number of carbonyl (C=O) groups excluding carboxylic acids is 6. The van der Waals surface area contributed by atoms with E-state index in [9.17, 15) is 24.3 Å². The predicted octanol–water partition coefficient (Wildman–Crippen LogP) is 9.01. The highest BCUT2D eigenvalue weighted by Crippen LogP contribution is 2.66. The summed E-state index contributed by atoms with van der Waals surface area (Å²) in [4.78, 5) is 89.2. The van der Waals surface area contributed by atoms with Gasteiger partial charge in [-0.05, 0) is 102 Å². The molecule has 8 unspecified atom stereocenters. The largest absolute Gasteiger partial charge is 0.455 e. The van der Waals surface area contributed by atoms with E-state index in [1.54, 1.807) is 92.6 Å². The fourth-order valence-corrected chi connectivity index (χ4v) is 15.8. The number of Topliss-reactive ketones (excluding diaryl/α,β-unsaturated/α-hetero) is 2. The molecule has 5 aliphatic rings. The Kier molecular flexibility index (Phi) is 14.7. The summed E-state index contributed by atoms with van der Waals surface area (Å²) in [6.07, 6.45) is -7.36. The normalized spacial score (nSPS) is 33.1. The number of carbonyl (C=O) groups is 6. The van der Waals surface area contributed by atoms with Crippen molar-refractivity contribution in [1.29, 1.82) is 0 Å². The molecule has 3 aliphatic carbocycles. The number of aliphatic hydroxyl groups is 1. The van der Waals surface area contributed by atoms with E-state index < -0.39 is 126 Å². The van der Waals surface area contributed by atoms with Gasteiger partial charge in [-0.2, -0.15) is 0 Å². The van der Waals surface area contributed by atoms with Crippen molar-refractivity contribution in [3.63, 3.8) is 0 Å². The van der Waals surface area contributed by atoms with Crippen LogP contribution < -0.4 is 0 Å². The predicted molar refractivity (Wildman–Crippen MR) is 264 cm³/mol. The highest BCUT2D eigenvalue weighted by molar-refractivity contribution is 6.73. The Morgan fingerprint density at radius 2 is 1.45 bits per heavy atom. The van der Waals surface area contributed by atoms with Gasteiger partial charge in [0.25, 0.3) is 0 Å². The molecule has 2 aromatic rings. The van der Waals surface area contributed by atoms with Gasteiger partial charge in [-0.3, -0.25) is 24.1 Å². The van der Waals surface area contributed by atoms with Crippen molar-refractivity contribution in [2.75, 3.05) is 6.61 Å². The van der Waals surface area contributed by atoms with Crippen molar-refractivity contribution in [1.82, 2.24) is 4.90 Å². The van der Waals surface area contributed by atoms with E-state index in [2.05, 4.69) is 20.8 Å². The van der Waals surface area contributed by atoms with Crippen molar-refractivity contribution < 1.29 is 66.7 Å². The molecule has 2 heterocycles. The topological polar surface area (TPSA) is 190 Å². The Morgan fingerprint density at radius 1 is 0.859 bits per heavy atom. The van der Waals surface area contributed by atoms with Crippen LogP contribution in [-0.2, 0) is 52.0 Å². The van der Waals surface area contributed by atoms with Crippen molar-refractivity contribution in [2.45, 2.75) is 193 Å². The number of ether oxygens (including phenoxy) is 6. The van der Waals surface area contributed by atoms with Crippen molar-refractivity contribution in [3.8, 4) is 0 Å². The zero-order chi connectivity index (χ0) is 52.4. The summed E-state index contributed by atoms with van der Waals surface area (Å²) in [5.74, 6) is -5.50. The fourth-order valence-electron chi connectivity index (χ4n) is 12.8. The maximum absolute atomic E-state index is 16.5. The van der Waals surface area contributed by atoms with E-state index in [1.165, 1.54) is 18.7 Å². The molecule has 1 N–H and O–H groups in total. The number of rotatable bonds is 13. The van der Waals surface area contributed by atoms with Gasteiger partial charge in [-0.25, -0.2) is 9.59 Å². The van der Waals surface area contributed by atoms with Gasteiger partial charge in [0.05, 0.1) is 35.6 Å².